The van der Waals surface area contributed by atoms with Crippen LogP contribution in [0.4, 0.5) is 13.2 Å². The summed E-state index contributed by atoms with van der Waals surface area (Å²) < 4.78 is 67.6. The fourth-order valence-electron chi connectivity index (χ4n) is 3.47. The molecule has 33 heavy (non-hydrogen) atoms. The lowest BCUT2D eigenvalue weighted by atomic mass is 10.2. The summed E-state index contributed by atoms with van der Waals surface area (Å²) in [6.07, 6.45) is -3.05. The maximum absolute atomic E-state index is 13.0. The standard InChI is InChI=1S/C21H18ClF3N4O3S/c22-17-7-6-15(21(23,24)25)14-19(17)33(31,32)28-12-10-27(11-13-28)20(30)18-8-9-29(26-18)16-4-2-1-3-5-16/h1-9,14H,10-13H2. The van der Waals surface area contributed by atoms with E-state index in [1.165, 1.54) is 4.90 Å². The Bertz CT molecular complexity index is 1270. The number of piperazine rings is 1. The van der Waals surface area contributed by atoms with Crippen LogP contribution in [0.15, 0.2) is 65.7 Å². The van der Waals surface area contributed by atoms with E-state index in [9.17, 15) is 26.4 Å². The highest BCUT2D eigenvalue weighted by molar-refractivity contribution is 7.89. The van der Waals surface area contributed by atoms with Crippen LogP contribution in [0.5, 0.6) is 0 Å². The summed E-state index contributed by atoms with van der Waals surface area (Å²) in [6, 6.07) is 13.0. The van der Waals surface area contributed by atoms with Crippen LogP contribution in [0.25, 0.3) is 5.69 Å². The van der Waals surface area contributed by atoms with Crippen molar-refractivity contribution in [1.29, 1.82) is 0 Å². The maximum Gasteiger partial charge on any atom is 0.416 e. The molecule has 1 aliphatic rings. The van der Waals surface area contributed by atoms with Gasteiger partial charge in [0.15, 0.2) is 5.69 Å². The van der Waals surface area contributed by atoms with Crippen molar-refractivity contribution in [1.82, 2.24) is 19.0 Å². The number of alkyl halides is 3. The third-order valence-electron chi connectivity index (χ3n) is 5.23. The predicted octanol–water partition coefficient (Wildman–Crippen LogP) is 3.69. The Kier molecular flexibility index (Phi) is 6.21. The van der Waals surface area contributed by atoms with E-state index in [-0.39, 0.29) is 42.8 Å². The molecule has 1 aliphatic heterocycles. The molecule has 1 fully saturated rings. The van der Waals surface area contributed by atoms with Gasteiger partial charge in [-0.15, -0.1) is 0 Å². The Hall–Kier alpha value is -2.89. The van der Waals surface area contributed by atoms with Crippen molar-refractivity contribution in [2.24, 2.45) is 0 Å². The zero-order valence-corrected chi connectivity index (χ0v) is 18.6. The van der Waals surface area contributed by atoms with Gasteiger partial charge >= 0.3 is 6.18 Å². The number of hydrogen-bond donors (Lipinski definition) is 0. The van der Waals surface area contributed by atoms with Crippen LogP contribution < -0.4 is 0 Å². The van der Waals surface area contributed by atoms with Crippen molar-refractivity contribution < 1.29 is 26.4 Å². The van der Waals surface area contributed by atoms with E-state index in [0.29, 0.717) is 6.07 Å². The summed E-state index contributed by atoms with van der Waals surface area (Å²) in [5.41, 5.74) is -0.116. The van der Waals surface area contributed by atoms with Gasteiger partial charge in [-0.05, 0) is 36.4 Å². The van der Waals surface area contributed by atoms with Gasteiger partial charge in [0.05, 0.1) is 16.3 Å². The first-order chi connectivity index (χ1) is 15.6. The fourth-order valence-corrected chi connectivity index (χ4v) is 5.40. The molecule has 1 aromatic heterocycles. The number of carbonyl (C=O) groups is 1. The number of sulfonamides is 1. The summed E-state index contributed by atoms with van der Waals surface area (Å²) in [5.74, 6) is -0.362. The second-order valence-corrected chi connectivity index (χ2v) is 9.63. The lowest BCUT2D eigenvalue weighted by Gasteiger charge is -2.33. The van der Waals surface area contributed by atoms with Crippen LogP contribution in [0.3, 0.4) is 0 Å². The fraction of sp³-hybridized carbons (Fsp3) is 0.238. The summed E-state index contributed by atoms with van der Waals surface area (Å²) >= 11 is 5.91. The number of para-hydroxylation sites is 1. The largest absolute Gasteiger partial charge is 0.416 e. The topological polar surface area (TPSA) is 75.5 Å². The molecule has 4 rings (SSSR count). The Morgan fingerprint density at radius 3 is 2.27 bits per heavy atom. The quantitative estimate of drug-likeness (QED) is 0.550. The molecule has 2 heterocycles. The molecule has 0 radical (unpaired) electrons. The van der Waals surface area contributed by atoms with E-state index in [2.05, 4.69) is 5.10 Å². The van der Waals surface area contributed by atoms with E-state index in [0.717, 1.165) is 22.1 Å². The van der Waals surface area contributed by atoms with Crippen molar-refractivity contribution in [3.8, 4) is 5.69 Å². The third kappa shape index (κ3) is 4.75. The highest BCUT2D eigenvalue weighted by Gasteiger charge is 2.36. The molecule has 7 nitrogen and oxygen atoms in total. The number of amides is 1. The molecular formula is C21H18ClF3N4O3S. The highest BCUT2D eigenvalue weighted by atomic mass is 35.5. The Labute approximate surface area is 193 Å². The van der Waals surface area contributed by atoms with Gasteiger partial charge in [0.1, 0.15) is 4.90 Å². The van der Waals surface area contributed by atoms with Crippen molar-refractivity contribution >= 4 is 27.5 Å². The molecule has 1 saturated heterocycles. The average Bonchev–Trinajstić information content (AvgIpc) is 3.29. The van der Waals surface area contributed by atoms with Crippen molar-refractivity contribution in [2.75, 3.05) is 26.2 Å². The van der Waals surface area contributed by atoms with Crippen molar-refractivity contribution in [3.05, 3.63) is 77.1 Å². The van der Waals surface area contributed by atoms with Crippen LogP contribution >= 0.6 is 11.6 Å². The van der Waals surface area contributed by atoms with Gasteiger partial charge < -0.3 is 4.90 Å². The molecule has 1 amide bonds. The Balaban J connectivity index is 1.47. The normalized spacial score (nSPS) is 15.6. The average molecular weight is 499 g/mol. The first kappa shape index (κ1) is 23.3. The first-order valence-corrected chi connectivity index (χ1v) is 11.7. The minimum absolute atomic E-state index is 0.0623. The minimum atomic E-state index is -4.71. The zero-order valence-electron chi connectivity index (χ0n) is 17.0. The van der Waals surface area contributed by atoms with Gasteiger partial charge in [-0.25, -0.2) is 13.1 Å². The molecule has 12 heteroatoms. The van der Waals surface area contributed by atoms with E-state index >= 15 is 0 Å². The number of nitrogens with zero attached hydrogens (tertiary/aromatic N) is 4. The van der Waals surface area contributed by atoms with Crippen LogP contribution in [0, 0.1) is 0 Å². The second-order valence-electron chi connectivity index (χ2n) is 7.32. The second kappa shape index (κ2) is 8.81. The van der Waals surface area contributed by atoms with E-state index < -0.39 is 26.7 Å². The number of rotatable bonds is 4. The lowest BCUT2D eigenvalue weighted by molar-refractivity contribution is -0.137. The smallest absolute Gasteiger partial charge is 0.335 e. The molecule has 0 bridgehead atoms. The molecule has 0 atom stereocenters. The molecule has 3 aromatic rings. The van der Waals surface area contributed by atoms with Crippen molar-refractivity contribution in [2.45, 2.75) is 11.1 Å². The first-order valence-electron chi connectivity index (χ1n) is 9.84. The minimum Gasteiger partial charge on any atom is -0.335 e. The van der Waals surface area contributed by atoms with E-state index in [1.807, 2.05) is 30.3 Å². The van der Waals surface area contributed by atoms with Gasteiger partial charge in [-0.2, -0.15) is 22.6 Å². The van der Waals surface area contributed by atoms with Gasteiger partial charge in [0, 0.05) is 32.4 Å². The summed E-state index contributed by atoms with van der Waals surface area (Å²) in [5, 5.41) is 3.99. The molecule has 0 saturated carbocycles. The molecular weight excluding hydrogens is 481 g/mol. The highest BCUT2D eigenvalue weighted by Crippen LogP contribution is 2.34. The molecule has 0 aliphatic carbocycles. The SMILES string of the molecule is O=C(c1ccn(-c2ccccc2)n1)N1CCN(S(=O)(=O)c2cc(C(F)(F)F)ccc2Cl)CC1. The molecule has 0 unspecified atom stereocenters. The van der Waals surface area contributed by atoms with Gasteiger partial charge in [-0.3, -0.25) is 4.79 Å². The lowest BCUT2D eigenvalue weighted by Crippen LogP contribution is -2.50. The number of carbonyl (C=O) groups excluding carboxylic acids is 1. The zero-order chi connectivity index (χ0) is 23.8. The van der Waals surface area contributed by atoms with Gasteiger partial charge in [-0.1, -0.05) is 29.8 Å². The Morgan fingerprint density at radius 2 is 1.64 bits per heavy atom. The van der Waals surface area contributed by atoms with Crippen LogP contribution in [-0.4, -0.2) is 59.5 Å². The number of halogens is 4. The predicted molar refractivity (Wildman–Crippen MR) is 115 cm³/mol. The number of hydrogen-bond acceptors (Lipinski definition) is 4. The number of benzene rings is 2. The molecule has 0 spiro atoms. The van der Waals surface area contributed by atoms with E-state index in [1.54, 1.807) is 16.9 Å². The maximum atomic E-state index is 13.0. The Morgan fingerprint density at radius 1 is 0.970 bits per heavy atom. The van der Waals surface area contributed by atoms with Crippen LogP contribution in [0.1, 0.15) is 16.1 Å². The molecule has 2 aromatic carbocycles. The van der Waals surface area contributed by atoms with Gasteiger partial charge in [0.25, 0.3) is 5.91 Å². The van der Waals surface area contributed by atoms with Crippen LogP contribution in [0.2, 0.25) is 5.02 Å². The summed E-state index contributed by atoms with van der Waals surface area (Å²) in [7, 11) is -4.28. The monoisotopic (exact) mass is 498 g/mol. The van der Waals surface area contributed by atoms with E-state index in [4.69, 9.17) is 11.6 Å². The molecule has 0 N–H and O–H groups in total. The number of aromatic nitrogens is 2. The third-order valence-corrected chi connectivity index (χ3v) is 7.61. The molecule has 174 valence electrons. The van der Waals surface area contributed by atoms with Gasteiger partial charge in [0.2, 0.25) is 10.0 Å². The van der Waals surface area contributed by atoms with Crippen molar-refractivity contribution in [3.63, 3.8) is 0 Å². The van der Waals surface area contributed by atoms with Crippen LogP contribution in [-0.2, 0) is 16.2 Å². The summed E-state index contributed by atoms with van der Waals surface area (Å²) in [6.45, 7) is -0.0419. The summed E-state index contributed by atoms with van der Waals surface area (Å²) in [4.78, 5) is 13.7.